The number of ether oxygens (including phenoxy) is 1. The van der Waals surface area contributed by atoms with Crippen LogP contribution >= 0.6 is 0 Å². The molecule has 0 aliphatic heterocycles. The zero-order valence-corrected chi connectivity index (χ0v) is 19.4. The molecule has 0 spiro atoms. The molecule has 0 aliphatic carbocycles. The third kappa shape index (κ3) is 5.96. The Labute approximate surface area is 199 Å². The van der Waals surface area contributed by atoms with Crippen LogP contribution in [0.1, 0.15) is 6.92 Å². The van der Waals surface area contributed by atoms with Crippen LogP contribution in [0.25, 0.3) is 27.9 Å². The van der Waals surface area contributed by atoms with E-state index in [9.17, 15) is 18.3 Å². The van der Waals surface area contributed by atoms with Crippen LogP contribution in [-0.4, -0.2) is 75.4 Å². The summed E-state index contributed by atoms with van der Waals surface area (Å²) >= 11 is 0. The summed E-state index contributed by atoms with van der Waals surface area (Å²) in [7, 11) is 3.89. The number of fused-ring (bicyclic) bond motifs is 3. The van der Waals surface area contributed by atoms with Crippen LogP contribution in [0, 0.1) is 0 Å². The zero-order chi connectivity index (χ0) is 25.2. The van der Waals surface area contributed by atoms with E-state index >= 15 is 0 Å². The van der Waals surface area contributed by atoms with Gasteiger partial charge >= 0.3 is 6.36 Å². The number of para-hydroxylation sites is 1. The Kier molecular flexibility index (Phi) is 7.05. The number of nitrogens with one attached hydrogen (secondary N) is 2. The third-order valence-corrected chi connectivity index (χ3v) is 5.25. The van der Waals surface area contributed by atoms with Crippen LogP contribution in [0.2, 0.25) is 0 Å². The first-order valence-corrected chi connectivity index (χ1v) is 10.9. The molecule has 0 amide bonds. The highest BCUT2D eigenvalue weighted by Crippen LogP contribution is 2.28. The van der Waals surface area contributed by atoms with Crippen molar-refractivity contribution in [2.24, 2.45) is 0 Å². The summed E-state index contributed by atoms with van der Waals surface area (Å²) in [5.74, 6) is 0.174. The Hall–Kier alpha value is -3.48. The number of nitrogens with zero attached hydrogens (tertiary/aromatic N) is 5. The molecule has 2 aromatic heterocycles. The van der Waals surface area contributed by atoms with Crippen molar-refractivity contribution < 1.29 is 23.0 Å². The van der Waals surface area contributed by atoms with Crippen molar-refractivity contribution in [3.63, 3.8) is 0 Å². The van der Waals surface area contributed by atoms with Crippen molar-refractivity contribution in [1.29, 1.82) is 0 Å². The first-order chi connectivity index (χ1) is 16.6. The van der Waals surface area contributed by atoms with Crippen molar-refractivity contribution >= 4 is 22.5 Å². The van der Waals surface area contributed by atoms with Crippen molar-refractivity contribution in [2.75, 3.05) is 32.5 Å². The fourth-order valence-corrected chi connectivity index (χ4v) is 3.50. The lowest BCUT2D eigenvalue weighted by Crippen LogP contribution is -2.45. The SMILES string of the molecule is C[C@@H](Nc1nc2ccccc2c2nc(-c3cccc(OC(F)(F)F)c3)nn12)C(O)NCCN(C)C. The van der Waals surface area contributed by atoms with Crippen LogP contribution in [0.15, 0.2) is 48.5 Å². The number of likely N-dealkylation sites (N-methyl/N-ethyl adjacent to an activating group) is 1. The second kappa shape index (κ2) is 10.0. The highest BCUT2D eigenvalue weighted by Gasteiger charge is 2.31. The van der Waals surface area contributed by atoms with E-state index in [-0.39, 0.29) is 11.6 Å². The molecule has 0 saturated heterocycles. The number of benzene rings is 2. The molecule has 9 nitrogen and oxygen atoms in total. The van der Waals surface area contributed by atoms with Gasteiger partial charge in [-0.1, -0.05) is 24.3 Å². The van der Waals surface area contributed by atoms with Crippen molar-refractivity contribution in [2.45, 2.75) is 25.6 Å². The van der Waals surface area contributed by atoms with Crippen LogP contribution in [0.4, 0.5) is 19.1 Å². The molecule has 4 aromatic rings. The summed E-state index contributed by atoms with van der Waals surface area (Å²) in [6.45, 7) is 3.14. The second-order valence-corrected chi connectivity index (χ2v) is 8.33. The number of aliphatic hydroxyl groups is 1. The molecular weight excluding hydrogens is 463 g/mol. The fraction of sp³-hybridized carbons (Fsp3) is 0.348. The lowest BCUT2D eigenvalue weighted by molar-refractivity contribution is -0.274. The Morgan fingerprint density at radius 2 is 1.89 bits per heavy atom. The van der Waals surface area contributed by atoms with Gasteiger partial charge < -0.3 is 20.1 Å². The van der Waals surface area contributed by atoms with Gasteiger partial charge in [-0.15, -0.1) is 18.3 Å². The predicted molar refractivity (Wildman–Crippen MR) is 126 cm³/mol. The van der Waals surface area contributed by atoms with Gasteiger partial charge in [0.1, 0.15) is 12.0 Å². The summed E-state index contributed by atoms with van der Waals surface area (Å²) in [5.41, 5.74) is 1.47. The first kappa shape index (κ1) is 24.6. The number of rotatable bonds is 9. The van der Waals surface area contributed by atoms with Gasteiger partial charge in [-0.3, -0.25) is 5.32 Å². The third-order valence-electron chi connectivity index (χ3n) is 5.25. The molecule has 2 atom stereocenters. The summed E-state index contributed by atoms with van der Waals surface area (Å²) in [6.07, 6.45) is -5.67. The number of anilines is 1. The fourth-order valence-electron chi connectivity index (χ4n) is 3.50. The smallest absolute Gasteiger partial charge is 0.406 e. The number of alkyl halides is 3. The van der Waals surface area contributed by atoms with E-state index in [4.69, 9.17) is 0 Å². The van der Waals surface area contributed by atoms with Gasteiger partial charge in [0.15, 0.2) is 11.5 Å². The Bertz CT molecular complexity index is 1310. The second-order valence-electron chi connectivity index (χ2n) is 8.33. The van der Waals surface area contributed by atoms with E-state index in [1.54, 1.807) is 13.0 Å². The maximum Gasteiger partial charge on any atom is 0.573 e. The molecule has 4 rings (SSSR count). The van der Waals surface area contributed by atoms with Crippen LogP contribution in [0.3, 0.4) is 0 Å². The molecular formula is C23H26F3N7O2. The Morgan fingerprint density at radius 3 is 2.63 bits per heavy atom. The molecule has 0 aliphatic rings. The summed E-state index contributed by atoms with van der Waals surface area (Å²) < 4.78 is 43.5. The quantitative estimate of drug-likeness (QED) is 0.309. The minimum atomic E-state index is -4.81. The zero-order valence-electron chi connectivity index (χ0n) is 19.4. The molecule has 0 fully saturated rings. The number of hydrogen-bond donors (Lipinski definition) is 3. The maximum atomic E-state index is 12.7. The van der Waals surface area contributed by atoms with E-state index < -0.39 is 18.6 Å². The molecule has 2 heterocycles. The van der Waals surface area contributed by atoms with E-state index in [2.05, 4.69) is 30.4 Å². The maximum absolute atomic E-state index is 12.7. The van der Waals surface area contributed by atoms with Gasteiger partial charge in [-0.25, -0.2) is 9.97 Å². The number of aliphatic hydroxyl groups excluding tert-OH is 1. The summed E-state index contributed by atoms with van der Waals surface area (Å²) in [5, 5.41) is 22.0. The minimum absolute atomic E-state index is 0.205. The Morgan fingerprint density at radius 1 is 1.11 bits per heavy atom. The molecule has 35 heavy (non-hydrogen) atoms. The lowest BCUT2D eigenvalue weighted by Gasteiger charge is -2.23. The average molecular weight is 490 g/mol. The van der Waals surface area contributed by atoms with Gasteiger partial charge in [-0.2, -0.15) is 4.52 Å². The standard InChI is InChI=1S/C23H26F3N7O2/c1-14(21(34)27-11-12-32(2)3)28-22-29-18-10-5-4-9-17(18)20-30-19(31-33(20)22)15-7-6-8-16(13-15)35-23(24,25)26/h4-10,13-14,21,27,34H,11-12H2,1-3H3,(H,28,29)/t14-,21?/m1/s1. The first-order valence-electron chi connectivity index (χ1n) is 10.9. The molecule has 0 saturated carbocycles. The Balaban J connectivity index is 1.69. The van der Waals surface area contributed by atoms with Crippen molar-refractivity contribution in [3.05, 3.63) is 48.5 Å². The lowest BCUT2D eigenvalue weighted by atomic mass is 10.2. The topological polar surface area (TPSA) is 99.8 Å². The van der Waals surface area contributed by atoms with E-state index in [0.717, 1.165) is 11.9 Å². The van der Waals surface area contributed by atoms with Gasteiger partial charge in [0.25, 0.3) is 0 Å². The molecule has 0 bridgehead atoms. The molecule has 0 radical (unpaired) electrons. The molecule has 3 N–H and O–H groups in total. The van der Waals surface area contributed by atoms with E-state index in [1.165, 1.54) is 22.7 Å². The predicted octanol–water partition coefficient (Wildman–Crippen LogP) is 3.11. The van der Waals surface area contributed by atoms with Crippen LogP contribution in [0.5, 0.6) is 5.75 Å². The summed E-state index contributed by atoms with van der Waals surface area (Å²) in [4.78, 5) is 11.2. The van der Waals surface area contributed by atoms with E-state index in [1.807, 2.05) is 43.3 Å². The molecule has 1 unspecified atom stereocenters. The highest BCUT2D eigenvalue weighted by atomic mass is 19.4. The van der Waals surface area contributed by atoms with Gasteiger partial charge in [0, 0.05) is 24.0 Å². The average Bonchev–Trinajstić information content (AvgIpc) is 3.24. The summed E-state index contributed by atoms with van der Waals surface area (Å²) in [6, 6.07) is 12.4. The number of halogens is 3. The molecule has 186 valence electrons. The normalized spacial score (nSPS) is 13.9. The number of aromatic nitrogens is 4. The molecule has 12 heteroatoms. The number of hydrogen-bond acceptors (Lipinski definition) is 8. The monoisotopic (exact) mass is 489 g/mol. The van der Waals surface area contributed by atoms with Gasteiger partial charge in [-0.05, 0) is 45.3 Å². The van der Waals surface area contributed by atoms with Gasteiger partial charge in [0.05, 0.1) is 11.6 Å². The van der Waals surface area contributed by atoms with E-state index in [0.29, 0.717) is 29.2 Å². The highest BCUT2D eigenvalue weighted by molar-refractivity contribution is 5.92. The largest absolute Gasteiger partial charge is 0.573 e. The van der Waals surface area contributed by atoms with Gasteiger partial charge in [0.2, 0.25) is 5.95 Å². The minimum Gasteiger partial charge on any atom is -0.406 e. The van der Waals surface area contributed by atoms with Crippen LogP contribution in [-0.2, 0) is 0 Å². The van der Waals surface area contributed by atoms with Crippen LogP contribution < -0.4 is 15.4 Å². The van der Waals surface area contributed by atoms with Crippen molar-refractivity contribution in [1.82, 2.24) is 29.8 Å². The molecule has 2 aromatic carbocycles. The van der Waals surface area contributed by atoms with Crippen molar-refractivity contribution in [3.8, 4) is 17.1 Å².